The first-order chi connectivity index (χ1) is 9.75. The summed E-state index contributed by atoms with van der Waals surface area (Å²) >= 11 is 3.55. The molecule has 0 saturated carbocycles. The van der Waals surface area contributed by atoms with Crippen LogP contribution in [-0.2, 0) is 6.54 Å². The van der Waals surface area contributed by atoms with Crippen LogP contribution in [0, 0.1) is 6.92 Å². The van der Waals surface area contributed by atoms with E-state index in [4.69, 9.17) is 0 Å². The molecular weight excluding hydrogens is 312 g/mol. The van der Waals surface area contributed by atoms with Crippen LogP contribution < -0.4 is 0 Å². The Balaban J connectivity index is 2.06. The van der Waals surface area contributed by atoms with Crippen molar-refractivity contribution in [1.29, 1.82) is 0 Å². The van der Waals surface area contributed by atoms with Gasteiger partial charge < -0.3 is 4.57 Å². The van der Waals surface area contributed by atoms with E-state index < -0.39 is 0 Å². The molecule has 1 aromatic heterocycles. The molecule has 2 aromatic carbocycles. The summed E-state index contributed by atoms with van der Waals surface area (Å²) < 4.78 is 3.15. The van der Waals surface area contributed by atoms with E-state index in [0.717, 1.165) is 28.2 Å². The molecule has 3 rings (SSSR count). The van der Waals surface area contributed by atoms with E-state index in [2.05, 4.69) is 68.8 Å². The van der Waals surface area contributed by atoms with Crippen molar-refractivity contribution in [1.82, 2.24) is 9.55 Å². The second kappa shape index (κ2) is 5.63. The minimum Gasteiger partial charge on any atom is -0.323 e. The average Bonchev–Trinajstić information content (AvgIpc) is 2.78. The van der Waals surface area contributed by atoms with Gasteiger partial charge in [0.05, 0.1) is 0 Å². The van der Waals surface area contributed by atoms with E-state index in [9.17, 15) is 0 Å². The first kappa shape index (κ1) is 13.1. The van der Waals surface area contributed by atoms with Crippen molar-refractivity contribution < 1.29 is 0 Å². The highest BCUT2D eigenvalue weighted by molar-refractivity contribution is 9.10. The van der Waals surface area contributed by atoms with Crippen LogP contribution in [0.25, 0.3) is 11.4 Å². The molecule has 0 unspecified atom stereocenters. The summed E-state index contributed by atoms with van der Waals surface area (Å²) in [5.74, 6) is 0.999. The molecule has 0 amide bonds. The van der Waals surface area contributed by atoms with E-state index in [0.29, 0.717) is 0 Å². The number of hydrogen-bond donors (Lipinski definition) is 0. The normalized spacial score (nSPS) is 10.7. The Bertz CT molecular complexity index is 703. The van der Waals surface area contributed by atoms with Crippen molar-refractivity contribution in [2.45, 2.75) is 13.5 Å². The predicted octanol–water partition coefficient (Wildman–Crippen LogP) is 4.67. The highest BCUT2D eigenvalue weighted by atomic mass is 79.9. The first-order valence-corrected chi connectivity index (χ1v) is 7.37. The van der Waals surface area contributed by atoms with E-state index in [1.54, 1.807) is 0 Å². The number of rotatable bonds is 3. The lowest BCUT2D eigenvalue weighted by Crippen LogP contribution is -2.04. The van der Waals surface area contributed by atoms with Gasteiger partial charge in [0, 0.05) is 17.8 Å². The summed E-state index contributed by atoms with van der Waals surface area (Å²) in [5.41, 5.74) is 3.56. The number of aromatic nitrogens is 2. The summed E-state index contributed by atoms with van der Waals surface area (Å²) in [4.78, 5) is 4.66. The number of hydrogen-bond acceptors (Lipinski definition) is 1. The smallest absolute Gasteiger partial charge is 0.141 e. The zero-order valence-electron chi connectivity index (χ0n) is 11.3. The van der Waals surface area contributed by atoms with Gasteiger partial charge in [0.2, 0.25) is 0 Å². The van der Waals surface area contributed by atoms with E-state index in [1.807, 2.05) is 24.3 Å². The zero-order chi connectivity index (χ0) is 13.9. The van der Waals surface area contributed by atoms with E-state index in [1.165, 1.54) is 5.56 Å². The monoisotopic (exact) mass is 326 g/mol. The molecular formula is C17H15BrN2. The summed E-state index contributed by atoms with van der Waals surface area (Å²) in [6, 6.07) is 20.8. The maximum atomic E-state index is 4.66. The Hall–Kier alpha value is -1.87. The summed E-state index contributed by atoms with van der Waals surface area (Å²) in [6.45, 7) is 2.92. The molecule has 3 heteroatoms. The fourth-order valence-corrected chi connectivity index (χ4v) is 2.65. The SMILES string of the molecule is Cc1c(Br)nc(-c2ccccc2)n1Cc1ccccc1. The third-order valence-electron chi connectivity index (χ3n) is 3.38. The van der Waals surface area contributed by atoms with Crippen molar-refractivity contribution in [3.05, 3.63) is 76.5 Å². The van der Waals surface area contributed by atoms with Crippen molar-refractivity contribution in [3.8, 4) is 11.4 Å². The van der Waals surface area contributed by atoms with Crippen molar-refractivity contribution in [3.63, 3.8) is 0 Å². The second-order valence-corrected chi connectivity index (χ2v) is 5.50. The van der Waals surface area contributed by atoms with Crippen molar-refractivity contribution >= 4 is 15.9 Å². The minimum atomic E-state index is 0.829. The molecule has 0 aliphatic carbocycles. The summed E-state index contributed by atoms with van der Waals surface area (Å²) in [5, 5.41) is 0. The standard InChI is InChI=1S/C17H15BrN2/c1-13-16(18)19-17(15-10-6-3-7-11-15)20(13)12-14-8-4-2-5-9-14/h2-11H,12H2,1H3. The average molecular weight is 327 g/mol. The zero-order valence-corrected chi connectivity index (χ0v) is 12.8. The molecule has 100 valence electrons. The van der Waals surface area contributed by atoms with Gasteiger partial charge in [-0.25, -0.2) is 4.98 Å². The maximum Gasteiger partial charge on any atom is 0.141 e. The molecule has 0 radical (unpaired) electrons. The number of benzene rings is 2. The van der Waals surface area contributed by atoms with Gasteiger partial charge in [-0.1, -0.05) is 60.7 Å². The van der Waals surface area contributed by atoms with Gasteiger partial charge in [0.1, 0.15) is 10.4 Å². The topological polar surface area (TPSA) is 17.8 Å². The van der Waals surface area contributed by atoms with Gasteiger partial charge in [-0.2, -0.15) is 0 Å². The lowest BCUT2D eigenvalue weighted by molar-refractivity contribution is 0.778. The molecule has 0 atom stereocenters. The van der Waals surface area contributed by atoms with Crippen LogP contribution in [0.3, 0.4) is 0 Å². The molecule has 3 aromatic rings. The molecule has 20 heavy (non-hydrogen) atoms. The van der Waals surface area contributed by atoms with Crippen LogP contribution in [-0.4, -0.2) is 9.55 Å². The van der Waals surface area contributed by atoms with E-state index >= 15 is 0 Å². The molecule has 0 aliphatic heterocycles. The van der Waals surface area contributed by atoms with Gasteiger partial charge in [-0.05, 0) is 28.4 Å². The van der Waals surface area contributed by atoms with Crippen LogP contribution in [0.2, 0.25) is 0 Å². The molecule has 0 fully saturated rings. The van der Waals surface area contributed by atoms with Gasteiger partial charge in [0.15, 0.2) is 0 Å². The highest BCUT2D eigenvalue weighted by Gasteiger charge is 2.13. The Morgan fingerprint density at radius 3 is 2.20 bits per heavy atom. The fraction of sp³-hybridized carbons (Fsp3) is 0.118. The third kappa shape index (κ3) is 2.54. The largest absolute Gasteiger partial charge is 0.323 e. The van der Waals surface area contributed by atoms with Crippen LogP contribution in [0.15, 0.2) is 65.3 Å². The van der Waals surface area contributed by atoms with Crippen LogP contribution >= 0.6 is 15.9 Å². The summed E-state index contributed by atoms with van der Waals surface area (Å²) in [7, 11) is 0. The Morgan fingerprint density at radius 2 is 1.55 bits per heavy atom. The molecule has 0 aliphatic rings. The van der Waals surface area contributed by atoms with Crippen LogP contribution in [0.1, 0.15) is 11.3 Å². The Labute approximate surface area is 127 Å². The third-order valence-corrected chi connectivity index (χ3v) is 4.13. The van der Waals surface area contributed by atoms with Crippen molar-refractivity contribution in [2.75, 3.05) is 0 Å². The number of imidazole rings is 1. The first-order valence-electron chi connectivity index (χ1n) is 6.57. The molecule has 0 bridgehead atoms. The maximum absolute atomic E-state index is 4.66. The van der Waals surface area contributed by atoms with Gasteiger partial charge in [-0.3, -0.25) is 0 Å². The highest BCUT2D eigenvalue weighted by Crippen LogP contribution is 2.26. The van der Waals surface area contributed by atoms with Gasteiger partial charge >= 0.3 is 0 Å². The van der Waals surface area contributed by atoms with Crippen molar-refractivity contribution in [2.24, 2.45) is 0 Å². The second-order valence-electron chi connectivity index (χ2n) is 4.75. The quantitative estimate of drug-likeness (QED) is 0.683. The lowest BCUT2D eigenvalue weighted by atomic mass is 10.2. The number of halogens is 1. The minimum absolute atomic E-state index is 0.829. The van der Waals surface area contributed by atoms with Crippen LogP contribution in [0.4, 0.5) is 0 Å². The van der Waals surface area contributed by atoms with Gasteiger partial charge in [0.25, 0.3) is 0 Å². The Morgan fingerprint density at radius 1 is 0.950 bits per heavy atom. The molecule has 2 nitrogen and oxygen atoms in total. The fourth-order valence-electron chi connectivity index (χ4n) is 2.27. The van der Waals surface area contributed by atoms with Crippen LogP contribution in [0.5, 0.6) is 0 Å². The molecule has 0 N–H and O–H groups in total. The predicted molar refractivity (Wildman–Crippen MR) is 85.6 cm³/mol. The lowest BCUT2D eigenvalue weighted by Gasteiger charge is -2.10. The molecule has 1 heterocycles. The molecule has 0 spiro atoms. The Kier molecular flexibility index (Phi) is 3.70. The number of nitrogens with zero attached hydrogens (tertiary/aromatic N) is 2. The molecule has 0 saturated heterocycles. The summed E-state index contributed by atoms with van der Waals surface area (Å²) in [6.07, 6.45) is 0. The van der Waals surface area contributed by atoms with E-state index in [-0.39, 0.29) is 0 Å². The van der Waals surface area contributed by atoms with Gasteiger partial charge in [-0.15, -0.1) is 0 Å².